The molecule has 1 saturated heterocycles. The molecule has 1 atom stereocenters. The van der Waals surface area contributed by atoms with E-state index in [4.69, 9.17) is 10.5 Å². The number of carbonyl (C=O) groups is 1. The van der Waals surface area contributed by atoms with E-state index in [2.05, 4.69) is 16.0 Å². The number of aromatic amines is 1. The van der Waals surface area contributed by atoms with Gasteiger partial charge in [0.25, 0.3) is 5.91 Å². The number of benzene rings is 2. The molecule has 33 heavy (non-hydrogen) atoms. The topological polar surface area (TPSA) is 104 Å². The van der Waals surface area contributed by atoms with Gasteiger partial charge in [-0.1, -0.05) is 24.3 Å². The van der Waals surface area contributed by atoms with Crippen LogP contribution in [-0.2, 0) is 0 Å². The van der Waals surface area contributed by atoms with Crippen molar-refractivity contribution in [2.75, 3.05) is 26.0 Å². The number of nitrogens with zero attached hydrogens (tertiary/aromatic N) is 2. The van der Waals surface area contributed by atoms with Gasteiger partial charge in [0, 0.05) is 46.7 Å². The highest BCUT2D eigenvalue weighted by molar-refractivity contribution is 6.01. The molecule has 2 aromatic carbocycles. The Kier molecular flexibility index (Phi) is 5.48. The molecule has 0 unspecified atom stereocenters. The maximum absolute atomic E-state index is 13.2. The lowest BCUT2D eigenvalue weighted by Crippen LogP contribution is -2.37. The first-order valence-corrected chi connectivity index (χ1v) is 11.0. The number of pyridine rings is 1. The average molecular weight is 443 g/mol. The van der Waals surface area contributed by atoms with Gasteiger partial charge in [-0.05, 0) is 42.7 Å². The number of hydrogen-bond acceptors (Lipinski definition) is 5. The Balaban J connectivity index is 1.56. The van der Waals surface area contributed by atoms with Crippen molar-refractivity contribution in [2.45, 2.75) is 18.9 Å². The number of rotatable bonds is 5. The third kappa shape index (κ3) is 3.70. The lowest BCUT2D eigenvalue weighted by atomic mass is 9.99. The van der Waals surface area contributed by atoms with Gasteiger partial charge in [-0.2, -0.15) is 0 Å². The predicted molar refractivity (Wildman–Crippen MR) is 129 cm³/mol. The number of fused-ring (bicyclic) bond motifs is 1. The molecule has 2 aromatic heterocycles. The molecule has 1 amide bonds. The van der Waals surface area contributed by atoms with Crippen molar-refractivity contribution >= 4 is 22.6 Å². The highest BCUT2D eigenvalue weighted by atomic mass is 16.5. The van der Waals surface area contributed by atoms with E-state index in [0.29, 0.717) is 17.8 Å². The lowest BCUT2D eigenvalue weighted by molar-refractivity contribution is 0.0678. The number of aliphatic hydroxyl groups excluding tert-OH is 1. The summed E-state index contributed by atoms with van der Waals surface area (Å²) < 4.78 is 5.55. The molecule has 1 aliphatic rings. The van der Waals surface area contributed by atoms with Crippen molar-refractivity contribution in [1.82, 2.24) is 14.9 Å². The van der Waals surface area contributed by atoms with E-state index < -0.39 is 0 Å². The Morgan fingerprint density at radius 2 is 2.06 bits per heavy atom. The van der Waals surface area contributed by atoms with Crippen molar-refractivity contribution in [3.63, 3.8) is 0 Å². The lowest BCUT2D eigenvalue weighted by Gasteiger charge is -2.24. The van der Waals surface area contributed by atoms with Crippen LogP contribution in [0.15, 0.2) is 60.9 Å². The molecular formula is C26H26N4O3. The van der Waals surface area contributed by atoms with E-state index in [-0.39, 0.29) is 18.6 Å². The summed E-state index contributed by atoms with van der Waals surface area (Å²) in [4.78, 5) is 22.8. The van der Waals surface area contributed by atoms with E-state index in [1.165, 1.54) is 0 Å². The van der Waals surface area contributed by atoms with Crippen LogP contribution in [0, 0.1) is 0 Å². The SMILES string of the molecule is COc1ccccc1-c1c[nH]c2ncc(-c3ccc(N)c(C(=O)N4CCC[C@@H]4CO)c3)cc12. The zero-order chi connectivity index (χ0) is 22.9. The number of aliphatic hydroxyl groups is 1. The van der Waals surface area contributed by atoms with E-state index in [0.717, 1.165) is 51.9 Å². The summed E-state index contributed by atoms with van der Waals surface area (Å²) in [5, 5.41) is 10.6. The third-order valence-corrected chi connectivity index (χ3v) is 6.39. The van der Waals surface area contributed by atoms with Crippen LogP contribution in [0.4, 0.5) is 5.69 Å². The third-order valence-electron chi connectivity index (χ3n) is 6.39. The number of para-hydroxylation sites is 1. The quantitative estimate of drug-likeness (QED) is 0.404. The predicted octanol–water partition coefficient (Wildman–Crippen LogP) is 4.08. The van der Waals surface area contributed by atoms with Crippen molar-refractivity contribution in [1.29, 1.82) is 0 Å². The van der Waals surface area contributed by atoms with Crippen LogP contribution in [0.1, 0.15) is 23.2 Å². The fourth-order valence-corrected chi connectivity index (χ4v) is 4.62. The van der Waals surface area contributed by atoms with Gasteiger partial charge in [-0.3, -0.25) is 4.79 Å². The number of nitrogens with one attached hydrogen (secondary N) is 1. The number of hydrogen-bond donors (Lipinski definition) is 3. The molecule has 0 saturated carbocycles. The second-order valence-electron chi connectivity index (χ2n) is 8.30. The normalized spacial score (nSPS) is 15.8. The zero-order valence-electron chi connectivity index (χ0n) is 18.4. The summed E-state index contributed by atoms with van der Waals surface area (Å²) in [6, 6.07) is 15.3. The largest absolute Gasteiger partial charge is 0.496 e. The number of amides is 1. The Labute approximate surface area is 191 Å². The molecule has 168 valence electrons. The summed E-state index contributed by atoms with van der Waals surface area (Å²) in [7, 11) is 1.66. The first kappa shape index (κ1) is 21.0. The first-order chi connectivity index (χ1) is 16.1. The maximum Gasteiger partial charge on any atom is 0.256 e. The monoisotopic (exact) mass is 442 g/mol. The van der Waals surface area contributed by atoms with Crippen LogP contribution in [-0.4, -0.2) is 52.2 Å². The fraction of sp³-hybridized carbons (Fsp3) is 0.231. The van der Waals surface area contributed by atoms with Gasteiger partial charge in [-0.15, -0.1) is 0 Å². The molecule has 4 N–H and O–H groups in total. The minimum atomic E-state index is -0.151. The zero-order valence-corrected chi connectivity index (χ0v) is 18.4. The second-order valence-corrected chi connectivity index (χ2v) is 8.30. The fourth-order valence-electron chi connectivity index (χ4n) is 4.62. The number of likely N-dealkylation sites (tertiary alicyclic amines) is 1. The number of nitrogens with two attached hydrogens (primary N) is 1. The standard InChI is InChI=1S/C26H26N4O3/c1-33-24-7-3-2-6-19(24)22-14-29-25-20(22)12-17(13-28-25)16-8-9-23(27)21(11-16)26(32)30-10-4-5-18(30)15-31/h2-3,6-9,11-14,18,31H,4-5,10,15,27H2,1H3,(H,28,29)/t18-/m1/s1. The van der Waals surface area contributed by atoms with Gasteiger partial charge < -0.3 is 25.5 Å². The van der Waals surface area contributed by atoms with Gasteiger partial charge in [0.15, 0.2) is 0 Å². The molecule has 0 spiro atoms. The van der Waals surface area contributed by atoms with Crippen LogP contribution in [0.25, 0.3) is 33.3 Å². The van der Waals surface area contributed by atoms with Crippen molar-refractivity contribution in [2.24, 2.45) is 0 Å². The second kappa shape index (κ2) is 8.60. The summed E-state index contributed by atoms with van der Waals surface area (Å²) in [6.07, 6.45) is 5.41. The molecule has 1 aliphatic heterocycles. The molecule has 5 rings (SSSR count). The summed E-state index contributed by atoms with van der Waals surface area (Å²) in [5.74, 6) is 0.643. The molecule has 7 nitrogen and oxygen atoms in total. The molecule has 4 aromatic rings. The number of carbonyl (C=O) groups excluding carboxylic acids is 1. The highest BCUT2D eigenvalue weighted by Crippen LogP contribution is 2.36. The first-order valence-electron chi connectivity index (χ1n) is 11.0. The number of nitrogen functional groups attached to an aromatic ring is 1. The minimum Gasteiger partial charge on any atom is -0.496 e. The van der Waals surface area contributed by atoms with Gasteiger partial charge in [0.1, 0.15) is 11.4 Å². The van der Waals surface area contributed by atoms with Crippen LogP contribution >= 0.6 is 0 Å². The number of anilines is 1. The molecule has 3 heterocycles. The van der Waals surface area contributed by atoms with Gasteiger partial charge in [0.2, 0.25) is 0 Å². The van der Waals surface area contributed by atoms with Crippen LogP contribution in [0.3, 0.4) is 0 Å². The Morgan fingerprint density at radius 1 is 1.21 bits per heavy atom. The van der Waals surface area contributed by atoms with Crippen LogP contribution in [0.5, 0.6) is 5.75 Å². The van der Waals surface area contributed by atoms with Crippen molar-refractivity contribution < 1.29 is 14.6 Å². The van der Waals surface area contributed by atoms with Crippen molar-refractivity contribution in [3.05, 3.63) is 66.5 Å². The molecule has 7 heteroatoms. The Morgan fingerprint density at radius 3 is 2.88 bits per heavy atom. The molecule has 0 radical (unpaired) electrons. The summed E-state index contributed by atoms with van der Waals surface area (Å²) in [5.41, 5.74) is 11.5. The van der Waals surface area contributed by atoms with Gasteiger partial charge in [-0.25, -0.2) is 4.98 Å². The maximum atomic E-state index is 13.2. The molecule has 1 fully saturated rings. The number of H-pyrrole nitrogens is 1. The summed E-state index contributed by atoms with van der Waals surface area (Å²) in [6.45, 7) is 0.595. The van der Waals surface area contributed by atoms with E-state index in [1.54, 1.807) is 24.3 Å². The van der Waals surface area contributed by atoms with Crippen molar-refractivity contribution in [3.8, 4) is 28.0 Å². The average Bonchev–Trinajstić information content (AvgIpc) is 3.50. The van der Waals surface area contributed by atoms with E-state index >= 15 is 0 Å². The van der Waals surface area contributed by atoms with E-state index in [9.17, 15) is 9.90 Å². The smallest absolute Gasteiger partial charge is 0.256 e. The minimum absolute atomic E-state index is 0.0366. The number of aromatic nitrogens is 2. The Bertz CT molecular complexity index is 1330. The van der Waals surface area contributed by atoms with Crippen LogP contribution < -0.4 is 10.5 Å². The number of methoxy groups -OCH3 is 1. The molecule has 0 aliphatic carbocycles. The summed E-state index contributed by atoms with van der Waals surface area (Å²) >= 11 is 0. The number of ether oxygens (including phenoxy) is 1. The van der Waals surface area contributed by atoms with Crippen LogP contribution in [0.2, 0.25) is 0 Å². The van der Waals surface area contributed by atoms with E-state index in [1.807, 2.05) is 42.6 Å². The molecule has 0 bridgehead atoms. The Hall–Kier alpha value is -3.84. The van der Waals surface area contributed by atoms with Gasteiger partial charge >= 0.3 is 0 Å². The van der Waals surface area contributed by atoms with Gasteiger partial charge in [0.05, 0.1) is 25.3 Å². The highest BCUT2D eigenvalue weighted by Gasteiger charge is 2.30. The molecular weight excluding hydrogens is 416 g/mol.